The van der Waals surface area contributed by atoms with Crippen LogP contribution in [0.1, 0.15) is 55.1 Å². The number of aromatic nitrogens is 8. The van der Waals surface area contributed by atoms with E-state index in [9.17, 15) is 44.3 Å². The van der Waals surface area contributed by atoms with Crippen molar-refractivity contribution in [3.8, 4) is 17.1 Å². The smallest absolute Gasteiger partial charge is 1.00 e. The minimum atomic E-state index is -0.570. The summed E-state index contributed by atoms with van der Waals surface area (Å²) in [4.78, 5) is 75.8. The molecule has 0 atom stereocenters. The molecule has 0 aliphatic carbocycles. The summed E-state index contributed by atoms with van der Waals surface area (Å²) in [6, 6.07) is 24.7. The number of halogens is 3. The zero-order chi connectivity index (χ0) is 51.1. The number of hydrogen-bond donors (Lipinski definition) is 6. The number of nitro groups is 3. The summed E-state index contributed by atoms with van der Waals surface area (Å²) >= 11 is 2.27. The molecule has 0 bridgehead atoms. The first kappa shape index (κ1) is 72.5. The molecular formula is C44H48FI2K2N11O13+2. The van der Waals surface area contributed by atoms with Crippen LogP contribution in [-0.4, -0.2) is 68.9 Å². The van der Waals surface area contributed by atoms with Crippen LogP contribution < -0.4 is 146 Å². The van der Waals surface area contributed by atoms with Crippen LogP contribution in [0, 0.1) is 39.7 Å². The Kier molecular flexibility index (Phi) is 41.3. The van der Waals surface area contributed by atoms with E-state index in [1.54, 1.807) is 58.4 Å². The molecule has 73 heavy (non-hydrogen) atoms. The van der Waals surface area contributed by atoms with Gasteiger partial charge >= 0.3 is 103 Å². The van der Waals surface area contributed by atoms with E-state index in [1.165, 1.54) is 40.4 Å². The number of benzene rings is 4. The summed E-state index contributed by atoms with van der Waals surface area (Å²) in [5.74, 6) is -0.467. The summed E-state index contributed by atoms with van der Waals surface area (Å²) in [5.41, 5.74) is 5.07. The van der Waals surface area contributed by atoms with Gasteiger partial charge in [-0.3, -0.25) is 44.7 Å². The molecule has 24 nitrogen and oxygen atoms in total. The molecule has 4 heterocycles. The number of rotatable bonds is 11. The molecule has 0 unspecified atom stereocenters. The van der Waals surface area contributed by atoms with Crippen LogP contribution in [0.4, 0.5) is 21.5 Å². The van der Waals surface area contributed by atoms with Crippen LogP contribution in [-0.2, 0) is 22.9 Å². The Morgan fingerprint density at radius 3 is 1.25 bits per heavy atom. The molecule has 0 amide bonds. The molecule has 4 aromatic carbocycles. The number of aliphatic hydroxyl groups excluding tert-OH is 2. The molecule has 29 heteroatoms. The summed E-state index contributed by atoms with van der Waals surface area (Å²) < 4.78 is 18.7. The van der Waals surface area contributed by atoms with E-state index in [-0.39, 0.29) is 172 Å². The van der Waals surface area contributed by atoms with Crippen LogP contribution >= 0.6 is 22.6 Å². The minimum Gasteiger partial charge on any atom is -1.00 e. The van der Waals surface area contributed by atoms with E-state index in [0.717, 1.165) is 47.0 Å². The number of imidazole rings is 4. The van der Waals surface area contributed by atoms with E-state index in [2.05, 4.69) is 64.5 Å². The quantitative estimate of drug-likeness (QED) is 0.0138. The van der Waals surface area contributed by atoms with Crippen LogP contribution in [0.2, 0.25) is 0 Å². The molecule has 0 radical (unpaired) electrons. The normalized spacial score (nSPS) is 8.92. The van der Waals surface area contributed by atoms with Crippen LogP contribution in [0.5, 0.6) is 0 Å². The van der Waals surface area contributed by atoms with Crippen molar-refractivity contribution < 1.29 is 196 Å². The average Bonchev–Trinajstić information content (AvgIpc) is 4.25. The van der Waals surface area contributed by atoms with Crippen molar-refractivity contribution in [2.24, 2.45) is 0 Å². The number of nitrogens with zero attached hydrogens (tertiary/aromatic N) is 7. The first-order chi connectivity index (χ1) is 33.2. The number of carbonyl (C=O) groups is 3. The number of H-pyrrole nitrogens is 4. The molecular weight excluding hydrogens is 1240 g/mol. The van der Waals surface area contributed by atoms with E-state index in [0.29, 0.717) is 29.7 Å². The van der Waals surface area contributed by atoms with Gasteiger partial charge < -0.3 is 50.7 Å². The Balaban J connectivity index is -0.000000404. The number of non-ortho nitro benzene ring substituents is 3. The maximum atomic E-state index is 12.1. The number of nitrogens with one attached hydrogen (secondary N) is 4. The van der Waals surface area contributed by atoms with Gasteiger partial charge in [0.2, 0.25) is 24.7 Å². The maximum Gasteiger partial charge on any atom is 1.00 e. The Morgan fingerprint density at radius 1 is 0.630 bits per heavy atom. The number of carbonyl (C=O) groups excluding carboxylic acids is 3. The van der Waals surface area contributed by atoms with Gasteiger partial charge in [-0.2, -0.15) is 0 Å². The maximum absolute atomic E-state index is 12.1. The number of aldehydes is 2. The van der Waals surface area contributed by atoms with Gasteiger partial charge in [-0.15, -0.1) is 0 Å². The van der Waals surface area contributed by atoms with Crippen LogP contribution in [0.25, 0.3) is 17.1 Å². The third kappa shape index (κ3) is 27.4. The topological polar surface area (TPSA) is 341 Å². The zero-order valence-electron chi connectivity index (χ0n) is 39.7. The molecule has 4 aromatic heterocycles. The van der Waals surface area contributed by atoms with Gasteiger partial charge in [0.1, 0.15) is 54.7 Å². The fourth-order valence-electron chi connectivity index (χ4n) is 4.84. The first-order valence-corrected chi connectivity index (χ1v) is 20.6. The molecule has 0 fully saturated rings. The zero-order valence-corrected chi connectivity index (χ0v) is 49.2. The number of hydrogen-bond acceptors (Lipinski definition) is 14. The Morgan fingerprint density at radius 2 is 0.973 bits per heavy atom. The summed E-state index contributed by atoms with van der Waals surface area (Å²) in [6.45, 7) is 3.79. The fourth-order valence-corrected chi connectivity index (χ4v) is 5.20. The van der Waals surface area contributed by atoms with Crippen molar-refractivity contribution in [3.05, 3.63) is 210 Å². The summed E-state index contributed by atoms with van der Waals surface area (Å²) in [7, 11) is 0. The van der Waals surface area contributed by atoms with E-state index in [4.69, 9.17) is 20.3 Å². The number of nitro benzene ring substituents is 3. The third-order valence-corrected chi connectivity index (χ3v) is 8.77. The second-order valence-corrected chi connectivity index (χ2v) is 13.7. The molecule has 0 aliphatic rings. The summed E-state index contributed by atoms with van der Waals surface area (Å²) in [6.07, 6.45) is 14.6. The van der Waals surface area contributed by atoms with Gasteiger partial charge in [-0.25, -0.2) is 38.0 Å². The van der Waals surface area contributed by atoms with Crippen LogP contribution in [0.3, 0.4) is 0 Å². The van der Waals surface area contributed by atoms with Gasteiger partial charge in [0.15, 0.2) is 24.0 Å². The Bertz CT molecular complexity index is 2800. The third-order valence-electron chi connectivity index (χ3n) is 8.05. The Labute approximate surface area is 533 Å². The van der Waals surface area contributed by atoms with Crippen molar-refractivity contribution in [1.82, 2.24) is 24.9 Å². The number of aliphatic hydroxyl groups is 2. The molecule has 378 valence electrons. The monoisotopic (exact) mass is 1290 g/mol. The molecule has 0 spiro atoms. The second kappa shape index (κ2) is 41.6. The standard InChI is InChI=1S/C10H9IN2O.C10H9N3O3.C10H7N3O3.C6H4FNO2.C4H4N2O.C2H6.CH2O3.CH4.HI.2K.H/c11-8-1-3-10(4-2-8)13-5-9(6-14)12-7-13;2*14-6-8-5-12(7-11-8)9-1-3-10(4-2-9)13(15)16;7-5-1-3-6(4-2-5)8(9)10;7-2-4-1-5-3-6-4;1-2;2-1-4-3;;;;;/h1-5,7,14H,6H2;1-5,7,14H,6H2;1-7H;1-4H;1-3H,(H,5,6);1-2H3;1,3H;1H4;1H;;;/q;;;;;;;;;2*+1;-1/p+1. The first-order valence-electron chi connectivity index (χ1n) is 19.5. The Hall–Kier alpha value is -4.73. The van der Waals surface area contributed by atoms with Gasteiger partial charge in [0, 0.05) is 40.0 Å². The molecule has 8 aromatic rings. The van der Waals surface area contributed by atoms with E-state index >= 15 is 0 Å². The SMILES string of the molecule is C.CC.O=CO[O-].O=Cc1c[n+](-c2ccc([N+](=O)[O-])cc2)c[nH]1.O=Cc1cnc[nH]1.O=[N+]([O-])c1ccc(-[n+]2c[nH]c(CO)c2)cc1.O=[N+]([O-])c1ccc(F)cc1.OCc1c[n+](-c2ccc(I)cc2)c[nH]1.[H-].[I-].[K+].[K+]. The van der Waals surface area contributed by atoms with Crippen molar-refractivity contribution in [3.63, 3.8) is 0 Å². The van der Waals surface area contributed by atoms with Crippen molar-refractivity contribution in [1.29, 1.82) is 0 Å². The molecule has 0 saturated carbocycles. The van der Waals surface area contributed by atoms with E-state index < -0.39 is 20.6 Å². The van der Waals surface area contributed by atoms with Crippen molar-refractivity contribution in [2.75, 3.05) is 0 Å². The van der Waals surface area contributed by atoms with Gasteiger partial charge in [0.25, 0.3) is 23.5 Å². The minimum absolute atomic E-state index is 0. The van der Waals surface area contributed by atoms with Gasteiger partial charge in [-0.05, 0) is 83.3 Å². The molecule has 0 saturated heterocycles. The van der Waals surface area contributed by atoms with Crippen molar-refractivity contribution >= 4 is 58.7 Å². The largest absolute Gasteiger partial charge is 1.00 e. The summed E-state index contributed by atoms with van der Waals surface area (Å²) in [5, 5.41) is 57.1. The van der Waals surface area contributed by atoms with Crippen molar-refractivity contribution in [2.45, 2.75) is 34.5 Å². The second-order valence-electron chi connectivity index (χ2n) is 12.4. The average molecular weight is 1290 g/mol. The van der Waals surface area contributed by atoms with E-state index in [1.807, 2.05) is 43.1 Å². The van der Waals surface area contributed by atoms with Gasteiger partial charge in [0.05, 0.1) is 33.0 Å². The van der Waals surface area contributed by atoms with Crippen LogP contribution in [0.15, 0.2) is 147 Å². The predicted molar refractivity (Wildman–Crippen MR) is 254 cm³/mol. The molecule has 0 aliphatic heterocycles. The fraction of sp³-hybridized carbons (Fsp3) is 0.114. The molecule has 6 N–H and O–H groups in total. The predicted octanol–water partition coefficient (Wildman–Crippen LogP) is -3.73. The number of aromatic amines is 4. The van der Waals surface area contributed by atoms with Gasteiger partial charge in [-0.1, -0.05) is 21.3 Å². The molecule has 8 rings (SSSR count).